The SMILES string of the molecule is CCc1ccccc1N(CC(=O)N(Cc1ccc(Cl)cc1Cl)C(C)C(=O)NC(C)C)S(=O)(=O)c1ccccc1. The van der Waals surface area contributed by atoms with Gasteiger partial charge in [-0.2, -0.15) is 0 Å². The van der Waals surface area contributed by atoms with Crippen molar-refractivity contribution in [1.82, 2.24) is 10.2 Å². The molecule has 0 aliphatic rings. The van der Waals surface area contributed by atoms with E-state index in [-0.39, 0.29) is 23.4 Å². The van der Waals surface area contributed by atoms with Crippen LogP contribution in [-0.2, 0) is 32.6 Å². The van der Waals surface area contributed by atoms with Gasteiger partial charge in [0.2, 0.25) is 11.8 Å². The molecule has 0 spiro atoms. The summed E-state index contributed by atoms with van der Waals surface area (Å²) in [6, 6.07) is 18.9. The summed E-state index contributed by atoms with van der Waals surface area (Å²) in [5, 5.41) is 3.60. The number of para-hydroxylation sites is 1. The number of anilines is 1. The van der Waals surface area contributed by atoms with Crippen LogP contribution in [0.2, 0.25) is 10.0 Å². The number of sulfonamides is 1. The highest BCUT2D eigenvalue weighted by Gasteiger charge is 2.33. The first-order valence-corrected chi connectivity index (χ1v) is 14.8. The molecule has 7 nitrogen and oxygen atoms in total. The van der Waals surface area contributed by atoms with Crippen LogP contribution in [-0.4, -0.2) is 43.8 Å². The Labute approximate surface area is 240 Å². The standard InChI is InChI=1S/C29H33Cl2N3O4S/c1-5-22-11-9-10-14-27(22)34(39(37,38)25-12-7-6-8-13-25)19-28(35)33(21(4)29(36)32-20(2)3)18-23-15-16-24(30)17-26(23)31/h6-17,20-21H,5,18-19H2,1-4H3,(H,32,36). The quantitative estimate of drug-likeness (QED) is 0.311. The zero-order valence-electron chi connectivity index (χ0n) is 22.4. The molecule has 10 heteroatoms. The van der Waals surface area contributed by atoms with Crippen LogP contribution >= 0.6 is 23.2 Å². The second kappa shape index (κ2) is 13.3. The molecule has 0 aliphatic carbocycles. The lowest BCUT2D eigenvalue weighted by molar-refractivity contribution is -0.139. The molecule has 0 heterocycles. The molecule has 0 saturated carbocycles. The first-order valence-electron chi connectivity index (χ1n) is 12.6. The number of halogens is 2. The molecule has 1 N–H and O–H groups in total. The molecule has 0 aliphatic heterocycles. The molecule has 39 heavy (non-hydrogen) atoms. The Bertz CT molecular complexity index is 1420. The molecule has 0 bridgehead atoms. The maximum absolute atomic E-state index is 14.0. The topological polar surface area (TPSA) is 86.8 Å². The minimum atomic E-state index is -4.13. The van der Waals surface area contributed by atoms with Crippen LogP contribution in [0.4, 0.5) is 5.69 Å². The third-order valence-corrected chi connectivity index (χ3v) is 8.57. The summed E-state index contributed by atoms with van der Waals surface area (Å²) in [6.45, 7) is 6.64. The van der Waals surface area contributed by atoms with Crippen molar-refractivity contribution in [2.45, 2.75) is 57.6 Å². The Hall–Kier alpha value is -3.07. The molecule has 208 valence electrons. The summed E-state index contributed by atoms with van der Waals surface area (Å²) in [5.74, 6) is -0.923. The maximum atomic E-state index is 14.0. The Balaban J connectivity index is 2.08. The van der Waals surface area contributed by atoms with Crippen molar-refractivity contribution in [3.63, 3.8) is 0 Å². The number of benzene rings is 3. The fourth-order valence-corrected chi connectivity index (χ4v) is 6.05. The molecule has 0 saturated heterocycles. The average Bonchev–Trinajstić information content (AvgIpc) is 2.90. The maximum Gasteiger partial charge on any atom is 0.264 e. The lowest BCUT2D eigenvalue weighted by atomic mass is 10.1. The van der Waals surface area contributed by atoms with Gasteiger partial charge in [-0.15, -0.1) is 0 Å². The van der Waals surface area contributed by atoms with Gasteiger partial charge in [0.05, 0.1) is 10.6 Å². The van der Waals surface area contributed by atoms with Crippen LogP contribution in [0, 0.1) is 0 Å². The molecule has 3 aromatic rings. The highest BCUT2D eigenvalue weighted by atomic mass is 35.5. The molecule has 3 aromatic carbocycles. The molecule has 1 unspecified atom stereocenters. The molecular formula is C29H33Cl2N3O4S. The number of hydrogen-bond acceptors (Lipinski definition) is 4. The second-order valence-electron chi connectivity index (χ2n) is 9.40. The normalized spacial score (nSPS) is 12.2. The van der Waals surface area contributed by atoms with E-state index in [9.17, 15) is 18.0 Å². The third kappa shape index (κ3) is 7.53. The van der Waals surface area contributed by atoms with Crippen LogP contribution in [0.5, 0.6) is 0 Å². The largest absolute Gasteiger partial charge is 0.352 e. The molecule has 0 fully saturated rings. The van der Waals surface area contributed by atoms with E-state index in [1.807, 2.05) is 32.9 Å². The number of hydrogen-bond donors (Lipinski definition) is 1. The summed E-state index contributed by atoms with van der Waals surface area (Å²) in [5.41, 5.74) is 1.74. The lowest BCUT2D eigenvalue weighted by Gasteiger charge is -2.33. The van der Waals surface area contributed by atoms with Crippen molar-refractivity contribution >= 4 is 50.7 Å². The fourth-order valence-electron chi connectivity index (χ4n) is 4.11. The van der Waals surface area contributed by atoms with Gasteiger partial charge in [-0.1, -0.05) is 72.6 Å². The van der Waals surface area contributed by atoms with Crippen molar-refractivity contribution in [2.75, 3.05) is 10.8 Å². The summed E-state index contributed by atoms with van der Waals surface area (Å²) in [6.07, 6.45) is 0.558. The van der Waals surface area contributed by atoms with Crippen molar-refractivity contribution in [2.24, 2.45) is 0 Å². The van der Waals surface area contributed by atoms with Crippen LogP contribution in [0.1, 0.15) is 38.8 Å². The number of carbonyl (C=O) groups is 2. The third-order valence-electron chi connectivity index (χ3n) is 6.21. The predicted octanol–water partition coefficient (Wildman–Crippen LogP) is 5.69. The molecule has 3 rings (SSSR count). The highest BCUT2D eigenvalue weighted by Crippen LogP contribution is 2.29. The first kappa shape index (κ1) is 30.5. The van der Waals surface area contributed by atoms with Gasteiger partial charge in [0.1, 0.15) is 12.6 Å². The van der Waals surface area contributed by atoms with E-state index < -0.39 is 28.5 Å². The smallest absolute Gasteiger partial charge is 0.264 e. The van der Waals surface area contributed by atoms with Crippen LogP contribution < -0.4 is 9.62 Å². The monoisotopic (exact) mass is 589 g/mol. The van der Waals surface area contributed by atoms with E-state index in [1.54, 1.807) is 55.5 Å². The van der Waals surface area contributed by atoms with Crippen LogP contribution in [0.25, 0.3) is 0 Å². The molecule has 1 atom stereocenters. The predicted molar refractivity (Wildman–Crippen MR) is 157 cm³/mol. The molecule has 2 amide bonds. The van der Waals surface area contributed by atoms with Gasteiger partial charge in [-0.25, -0.2) is 8.42 Å². The van der Waals surface area contributed by atoms with Crippen molar-refractivity contribution in [3.8, 4) is 0 Å². The average molecular weight is 591 g/mol. The Kier molecular flexibility index (Phi) is 10.4. The van der Waals surface area contributed by atoms with Gasteiger partial charge >= 0.3 is 0 Å². The van der Waals surface area contributed by atoms with Crippen LogP contribution in [0.3, 0.4) is 0 Å². The highest BCUT2D eigenvalue weighted by molar-refractivity contribution is 7.92. The lowest BCUT2D eigenvalue weighted by Crippen LogP contribution is -2.52. The second-order valence-corrected chi connectivity index (χ2v) is 12.1. The zero-order chi connectivity index (χ0) is 28.7. The number of rotatable bonds is 11. The summed E-state index contributed by atoms with van der Waals surface area (Å²) in [7, 11) is -4.13. The van der Waals surface area contributed by atoms with Gasteiger partial charge in [0.15, 0.2) is 0 Å². The summed E-state index contributed by atoms with van der Waals surface area (Å²) >= 11 is 12.5. The van der Waals surface area contributed by atoms with Gasteiger partial charge in [0.25, 0.3) is 10.0 Å². The van der Waals surface area contributed by atoms with Crippen molar-refractivity contribution < 1.29 is 18.0 Å². The van der Waals surface area contributed by atoms with E-state index in [0.29, 0.717) is 27.7 Å². The van der Waals surface area contributed by atoms with Crippen molar-refractivity contribution in [1.29, 1.82) is 0 Å². The number of aryl methyl sites for hydroxylation is 1. The molecular weight excluding hydrogens is 557 g/mol. The van der Waals surface area contributed by atoms with Gasteiger partial charge in [-0.05, 0) is 68.7 Å². The molecule has 0 aromatic heterocycles. The van der Waals surface area contributed by atoms with E-state index in [0.717, 1.165) is 9.87 Å². The number of nitrogens with one attached hydrogen (secondary N) is 1. The van der Waals surface area contributed by atoms with E-state index >= 15 is 0 Å². The Morgan fingerprint density at radius 1 is 0.897 bits per heavy atom. The summed E-state index contributed by atoms with van der Waals surface area (Å²) < 4.78 is 28.9. The summed E-state index contributed by atoms with van der Waals surface area (Å²) in [4.78, 5) is 28.4. The minimum absolute atomic E-state index is 0.0177. The van der Waals surface area contributed by atoms with E-state index in [2.05, 4.69) is 5.32 Å². The van der Waals surface area contributed by atoms with Crippen LogP contribution in [0.15, 0.2) is 77.7 Å². The van der Waals surface area contributed by atoms with Gasteiger partial charge in [-0.3, -0.25) is 13.9 Å². The minimum Gasteiger partial charge on any atom is -0.352 e. The Morgan fingerprint density at radius 3 is 2.15 bits per heavy atom. The molecule has 0 radical (unpaired) electrons. The fraction of sp³-hybridized carbons (Fsp3) is 0.310. The Morgan fingerprint density at radius 2 is 1.54 bits per heavy atom. The van der Waals surface area contributed by atoms with Gasteiger partial charge < -0.3 is 10.2 Å². The number of amides is 2. The van der Waals surface area contributed by atoms with Crippen molar-refractivity contribution in [3.05, 3.63) is 94.0 Å². The van der Waals surface area contributed by atoms with Gasteiger partial charge in [0, 0.05) is 22.6 Å². The number of carbonyl (C=O) groups excluding carboxylic acids is 2. The first-order chi connectivity index (χ1) is 18.4. The zero-order valence-corrected chi connectivity index (χ0v) is 24.7. The number of nitrogens with zero attached hydrogens (tertiary/aromatic N) is 2. The van der Waals surface area contributed by atoms with E-state index in [4.69, 9.17) is 23.2 Å². The van der Waals surface area contributed by atoms with E-state index in [1.165, 1.54) is 17.0 Å².